The average molecular weight is 191 g/mol. The van der Waals surface area contributed by atoms with Crippen LogP contribution in [0.3, 0.4) is 0 Å². The van der Waals surface area contributed by atoms with Gasteiger partial charge in [-0.25, -0.2) is 0 Å². The summed E-state index contributed by atoms with van der Waals surface area (Å²) in [5, 5.41) is 0. The molecular formula is C12H17NO. The van der Waals surface area contributed by atoms with Gasteiger partial charge in [0.25, 0.3) is 0 Å². The highest BCUT2D eigenvalue weighted by Gasteiger charge is 2.33. The fourth-order valence-electron chi connectivity index (χ4n) is 2.09. The second kappa shape index (κ2) is 3.71. The van der Waals surface area contributed by atoms with Gasteiger partial charge in [0.2, 0.25) is 0 Å². The van der Waals surface area contributed by atoms with Crippen LogP contribution in [0.25, 0.3) is 0 Å². The van der Waals surface area contributed by atoms with Crippen molar-refractivity contribution in [2.24, 2.45) is 5.73 Å². The van der Waals surface area contributed by atoms with Crippen LogP contribution in [0.15, 0.2) is 30.3 Å². The molecule has 0 unspecified atom stereocenters. The van der Waals surface area contributed by atoms with Gasteiger partial charge in [-0.1, -0.05) is 30.3 Å². The van der Waals surface area contributed by atoms with Crippen molar-refractivity contribution in [1.82, 2.24) is 0 Å². The van der Waals surface area contributed by atoms with Crippen LogP contribution in [0.4, 0.5) is 0 Å². The lowest BCUT2D eigenvalue weighted by Crippen LogP contribution is -2.40. The fourth-order valence-corrected chi connectivity index (χ4v) is 2.09. The molecule has 0 aliphatic carbocycles. The Balaban J connectivity index is 2.23. The van der Waals surface area contributed by atoms with Crippen LogP contribution in [0.5, 0.6) is 0 Å². The second-order valence-corrected chi connectivity index (χ2v) is 4.20. The lowest BCUT2D eigenvalue weighted by Gasteiger charge is -2.37. The van der Waals surface area contributed by atoms with Gasteiger partial charge in [0, 0.05) is 12.6 Å². The van der Waals surface area contributed by atoms with Gasteiger partial charge in [-0.15, -0.1) is 0 Å². The molecule has 1 saturated heterocycles. The minimum atomic E-state index is -0.182. The molecular weight excluding hydrogens is 174 g/mol. The van der Waals surface area contributed by atoms with E-state index < -0.39 is 0 Å². The lowest BCUT2D eigenvalue weighted by molar-refractivity contribution is -0.0766. The van der Waals surface area contributed by atoms with E-state index >= 15 is 0 Å². The Morgan fingerprint density at radius 2 is 2.07 bits per heavy atom. The standard InChI is InChI=1S/C12H17NO/c1-12(9-11(13)7-8-14-12)10-5-3-2-4-6-10/h2-6,11H,7-9,13H2,1H3/t11-,12+/m0/s1. The van der Waals surface area contributed by atoms with E-state index in [0.717, 1.165) is 19.4 Å². The molecule has 14 heavy (non-hydrogen) atoms. The Morgan fingerprint density at radius 3 is 2.71 bits per heavy atom. The zero-order valence-electron chi connectivity index (χ0n) is 8.57. The van der Waals surface area contributed by atoms with Gasteiger partial charge >= 0.3 is 0 Å². The molecule has 1 aromatic rings. The van der Waals surface area contributed by atoms with Crippen LogP contribution in [0.2, 0.25) is 0 Å². The second-order valence-electron chi connectivity index (χ2n) is 4.20. The summed E-state index contributed by atoms with van der Waals surface area (Å²) in [5.41, 5.74) is 7.02. The molecule has 1 heterocycles. The van der Waals surface area contributed by atoms with Crippen molar-refractivity contribution in [2.75, 3.05) is 6.61 Å². The van der Waals surface area contributed by atoms with E-state index in [4.69, 9.17) is 10.5 Å². The molecule has 0 aromatic heterocycles. The lowest BCUT2D eigenvalue weighted by atomic mass is 9.86. The van der Waals surface area contributed by atoms with Gasteiger partial charge in [0.05, 0.1) is 5.60 Å². The van der Waals surface area contributed by atoms with E-state index in [9.17, 15) is 0 Å². The zero-order valence-corrected chi connectivity index (χ0v) is 8.57. The van der Waals surface area contributed by atoms with Crippen molar-refractivity contribution in [3.8, 4) is 0 Å². The van der Waals surface area contributed by atoms with Gasteiger partial charge in [-0.2, -0.15) is 0 Å². The van der Waals surface area contributed by atoms with Crippen LogP contribution in [0, 0.1) is 0 Å². The molecule has 0 radical (unpaired) electrons. The summed E-state index contributed by atoms with van der Waals surface area (Å²) < 4.78 is 5.84. The first-order valence-corrected chi connectivity index (χ1v) is 5.16. The van der Waals surface area contributed by atoms with Crippen LogP contribution in [0.1, 0.15) is 25.3 Å². The Kier molecular flexibility index (Phi) is 2.57. The Morgan fingerprint density at radius 1 is 1.36 bits per heavy atom. The maximum atomic E-state index is 5.97. The van der Waals surface area contributed by atoms with Crippen molar-refractivity contribution in [3.63, 3.8) is 0 Å². The maximum absolute atomic E-state index is 5.97. The van der Waals surface area contributed by atoms with Gasteiger partial charge in [-0.3, -0.25) is 0 Å². The first-order valence-electron chi connectivity index (χ1n) is 5.16. The molecule has 1 aromatic carbocycles. The monoisotopic (exact) mass is 191 g/mol. The number of nitrogens with two attached hydrogens (primary N) is 1. The normalized spacial score (nSPS) is 32.9. The summed E-state index contributed by atoms with van der Waals surface area (Å²) in [6.45, 7) is 2.90. The quantitative estimate of drug-likeness (QED) is 0.737. The molecule has 0 amide bonds. The van der Waals surface area contributed by atoms with E-state index in [1.807, 2.05) is 18.2 Å². The number of rotatable bonds is 1. The minimum Gasteiger partial charge on any atom is -0.370 e. The van der Waals surface area contributed by atoms with E-state index in [-0.39, 0.29) is 11.6 Å². The molecule has 2 rings (SSSR count). The summed E-state index contributed by atoms with van der Waals surface area (Å²) in [4.78, 5) is 0. The Labute approximate surface area is 85.1 Å². The molecule has 2 heteroatoms. The molecule has 2 N–H and O–H groups in total. The highest BCUT2D eigenvalue weighted by Crippen LogP contribution is 2.33. The zero-order chi connectivity index (χ0) is 10.0. The van der Waals surface area contributed by atoms with Gasteiger partial charge < -0.3 is 10.5 Å². The molecule has 0 saturated carbocycles. The molecule has 1 aliphatic heterocycles. The minimum absolute atomic E-state index is 0.182. The van der Waals surface area contributed by atoms with Crippen LogP contribution in [-0.4, -0.2) is 12.6 Å². The van der Waals surface area contributed by atoms with Gasteiger partial charge in [0.15, 0.2) is 0 Å². The van der Waals surface area contributed by atoms with E-state index in [1.165, 1.54) is 5.56 Å². The predicted molar refractivity (Wildman–Crippen MR) is 57.0 cm³/mol. The summed E-state index contributed by atoms with van der Waals surface area (Å²) in [6.07, 6.45) is 1.89. The Hall–Kier alpha value is -0.860. The molecule has 1 aliphatic rings. The van der Waals surface area contributed by atoms with Gasteiger partial charge in [-0.05, 0) is 25.3 Å². The summed E-state index contributed by atoms with van der Waals surface area (Å²) in [5.74, 6) is 0. The van der Waals surface area contributed by atoms with Crippen molar-refractivity contribution in [3.05, 3.63) is 35.9 Å². The SMILES string of the molecule is C[C@]1(c2ccccc2)C[C@@H](N)CCO1. The smallest absolute Gasteiger partial charge is 0.0918 e. The first kappa shape index (κ1) is 9.69. The van der Waals surface area contributed by atoms with Crippen LogP contribution < -0.4 is 5.73 Å². The maximum Gasteiger partial charge on any atom is 0.0918 e. The number of hydrogen-bond donors (Lipinski definition) is 1. The summed E-state index contributed by atoms with van der Waals surface area (Å²) >= 11 is 0. The highest BCUT2D eigenvalue weighted by molar-refractivity contribution is 5.22. The number of hydrogen-bond acceptors (Lipinski definition) is 2. The molecule has 2 atom stereocenters. The molecule has 2 nitrogen and oxygen atoms in total. The summed E-state index contributed by atoms with van der Waals surface area (Å²) in [7, 11) is 0. The highest BCUT2D eigenvalue weighted by atomic mass is 16.5. The van der Waals surface area contributed by atoms with Crippen LogP contribution in [-0.2, 0) is 10.3 Å². The van der Waals surface area contributed by atoms with Crippen molar-refractivity contribution in [2.45, 2.75) is 31.4 Å². The molecule has 0 bridgehead atoms. The molecule has 76 valence electrons. The van der Waals surface area contributed by atoms with Crippen molar-refractivity contribution >= 4 is 0 Å². The predicted octanol–water partition coefficient (Wildman–Crippen LogP) is 2.04. The van der Waals surface area contributed by atoms with Crippen LogP contribution >= 0.6 is 0 Å². The fraction of sp³-hybridized carbons (Fsp3) is 0.500. The van der Waals surface area contributed by atoms with Crippen molar-refractivity contribution in [1.29, 1.82) is 0 Å². The third-order valence-corrected chi connectivity index (χ3v) is 2.95. The number of ether oxygens (including phenoxy) is 1. The third kappa shape index (κ3) is 1.81. The topological polar surface area (TPSA) is 35.2 Å². The van der Waals surface area contributed by atoms with Crippen molar-refractivity contribution < 1.29 is 4.74 Å². The number of benzene rings is 1. The van der Waals surface area contributed by atoms with E-state index in [2.05, 4.69) is 19.1 Å². The molecule has 0 spiro atoms. The van der Waals surface area contributed by atoms with E-state index in [1.54, 1.807) is 0 Å². The average Bonchev–Trinajstić information content (AvgIpc) is 2.19. The molecule has 1 fully saturated rings. The third-order valence-electron chi connectivity index (χ3n) is 2.95. The van der Waals surface area contributed by atoms with Gasteiger partial charge in [0.1, 0.15) is 0 Å². The first-order chi connectivity index (χ1) is 6.71. The summed E-state index contributed by atoms with van der Waals surface area (Å²) in [6, 6.07) is 10.6. The largest absolute Gasteiger partial charge is 0.370 e. The van der Waals surface area contributed by atoms with E-state index in [0.29, 0.717) is 0 Å². The Bertz CT molecular complexity index is 298.